The minimum Gasteiger partial charge on any atom is -0.367 e. The number of non-ortho nitro benzene ring substituents is 1. The van der Waals surface area contributed by atoms with Gasteiger partial charge in [0.1, 0.15) is 0 Å². The Bertz CT molecular complexity index is 962. The number of piperidine rings is 1. The van der Waals surface area contributed by atoms with Crippen LogP contribution in [0, 0.1) is 21.4 Å². The predicted octanol–water partition coefficient (Wildman–Crippen LogP) is 2.15. The summed E-state index contributed by atoms with van der Waals surface area (Å²) in [6, 6.07) is 4.55. The summed E-state index contributed by atoms with van der Waals surface area (Å²) in [5.74, 6) is -0.225. The van der Waals surface area contributed by atoms with Gasteiger partial charge in [0.2, 0.25) is 11.8 Å². The Morgan fingerprint density at radius 3 is 2.72 bits per heavy atom. The van der Waals surface area contributed by atoms with E-state index in [1.54, 1.807) is 11.0 Å². The number of nitro benzene ring substituents is 1. The zero-order chi connectivity index (χ0) is 20.5. The lowest BCUT2D eigenvalue weighted by molar-refractivity contribution is -0.384. The molecule has 3 atom stereocenters. The number of nitro groups is 1. The van der Waals surface area contributed by atoms with E-state index in [2.05, 4.69) is 17.1 Å². The summed E-state index contributed by atoms with van der Waals surface area (Å²) in [5.41, 5.74) is 0.241. The maximum atomic E-state index is 13.8. The maximum Gasteiger partial charge on any atom is 0.269 e. The highest BCUT2D eigenvalue weighted by Crippen LogP contribution is 2.50. The van der Waals surface area contributed by atoms with Crippen LogP contribution in [0.4, 0.5) is 11.4 Å². The SMILES string of the molecule is CC1CCN2c3ccc([N+](=O)[O-])cc3CC3(C(=O)NC(=S)N(C4CC4)C3=O)C2C1. The summed E-state index contributed by atoms with van der Waals surface area (Å²) >= 11 is 5.32. The van der Waals surface area contributed by atoms with Gasteiger partial charge in [-0.15, -0.1) is 0 Å². The fraction of sp³-hybridized carbons (Fsp3) is 0.550. The number of carbonyl (C=O) groups is 2. The second kappa shape index (κ2) is 6.22. The second-order valence-corrected chi connectivity index (χ2v) is 9.11. The third kappa shape index (κ3) is 2.59. The predicted molar refractivity (Wildman–Crippen MR) is 109 cm³/mol. The molecule has 4 aliphatic rings. The number of benzene rings is 1. The number of hydrogen-bond acceptors (Lipinski definition) is 6. The molecule has 1 saturated carbocycles. The lowest BCUT2D eigenvalue weighted by atomic mass is 9.65. The lowest BCUT2D eigenvalue weighted by Crippen LogP contribution is -2.73. The number of thiocarbonyl (C=S) groups is 1. The zero-order valence-electron chi connectivity index (χ0n) is 16.1. The largest absolute Gasteiger partial charge is 0.367 e. The van der Waals surface area contributed by atoms with Gasteiger partial charge in [-0.2, -0.15) is 0 Å². The minimum absolute atomic E-state index is 0.0269. The van der Waals surface area contributed by atoms with Crippen molar-refractivity contribution in [2.75, 3.05) is 11.4 Å². The molecule has 3 fully saturated rings. The Morgan fingerprint density at radius 1 is 1.28 bits per heavy atom. The van der Waals surface area contributed by atoms with E-state index in [9.17, 15) is 19.7 Å². The molecule has 2 saturated heterocycles. The number of nitrogens with one attached hydrogen (secondary N) is 1. The molecule has 29 heavy (non-hydrogen) atoms. The average molecular weight is 414 g/mol. The molecule has 1 spiro atoms. The maximum absolute atomic E-state index is 13.8. The standard InChI is InChI=1S/C20H22N4O4S/c1-11-6-7-22-15-5-4-14(24(27)28)9-12(15)10-20(16(22)8-11)17(25)21-19(29)23(18(20)26)13-2-3-13/h4-5,9,11,13,16H,2-3,6-8,10H2,1H3,(H,21,25,29). The van der Waals surface area contributed by atoms with Gasteiger partial charge in [0.15, 0.2) is 10.5 Å². The number of fused-ring (bicyclic) bond motifs is 4. The molecule has 3 unspecified atom stereocenters. The van der Waals surface area contributed by atoms with Gasteiger partial charge in [0.25, 0.3) is 5.69 Å². The highest BCUT2D eigenvalue weighted by atomic mass is 32.1. The molecule has 1 aromatic carbocycles. The van der Waals surface area contributed by atoms with Gasteiger partial charge in [0.05, 0.1) is 11.0 Å². The Hall–Kier alpha value is -2.55. The first-order valence-electron chi connectivity index (χ1n) is 10.1. The molecular formula is C20H22N4O4S. The molecule has 8 nitrogen and oxygen atoms in total. The topological polar surface area (TPSA) is 95.8 Å². The fourth-order valence-corrected chi connectivity index (χ4v) is 5.53. The molecule has 5 rings (SSSR count). The van der Waals surface area contributed by atoms with E-state index in [4.69, 9.17) is 12.2 Å². The van der Waals surface area contributed by atoms with Crippen LogP contribution < -0.4 is 10.2 Å². The highest BCUT2D eigenvalue weighted by molar-refractivity contribution is 7.80. The normalized spacial score (nSPS) is 31.4. The Kier molecular flexibility index (Phi) is 3.96. The fourth-order valence-electron chi connectivity index (χ4n) is 5.21. The van der Waals surface area contributed by atoms with Crippen molar-refractivity contribution in [3.63, 3.8) is 0 Å². The van der Waals surface area contributed by atoms with Gasteiger partial charge < -0.3 is 10.2 Å². The number of rotatable bonds is 2. The van der Waals surface area contributed by atoms with E-state index in [0.717, 1.165) is 31.4 Å². The van der Waals surface area contributed by atoms with Crippen molar-refractivity contribution < 1.29 is 14.5 Å². The number of amides is 2. The van der Waals surface area contributed by atoms with Crippen molar-refractivity contribution in [2.24, 2.45) is 11.3 Å². The van der Waals surface area contributed by atoms with Gasteiger partial charge in [-0.1, -0.05) is 6.92 Å². The monoisotopic (exact) mass is 414 g/mol. The first kappa shape index (κ1) is 18.5. The van der Waals surface area contributed by atoms with Crippen LogP contribution in [0.1, 0.15) is 38.2 Å². The Morgan fingerprint density at radius 2 is 2.03 bits per heavy atom. The summed E-state index contributed by atoms with van der Waals surface area (Å²) in [7, 11) is 0. The summed E-state index contributed by atoms with van der Waals surface area (Å²) in [4.78, 5) is 41.8. The van der Waals surface area contributed by atoms with Gasteiger partial charge in [-0.05, 0) is 55.4 Å². The molecule has 152 valence electrons. The van der Waals surface area contributed by atoms with Crippen LogP contribution in [0.5, 0.6) is 0 Å². The van der Waals surface area contributed by atoms with Crippen LogP contribution in [0.25, 0.3) is 0 Å². The van der Waals surface area contributed by atoms with Crippen LogP contribution >= 0.6 is 12.2 Å². The van der Waals surface area contributed by atoms with Crippen molar-refractivity contribution in [3.05, 3.63) is 33.9 Å². The quantitative estimate of drug-likeness (QED) is 0.345. The zero-order valence-corrected chi connectivity index (χ0v) is 16.9. The highest BCUT2D eigenvalue weighted by Gasteiger charge is 2.63. The first-order valence-corrected chi connectivity index (χ1v) is 10.5. The van der Waals surface area contributed by atoms with Gasteiger partial charge in [0, 0.05) is 36.8 Å². The van der Waals surface area contributed by atoms with Crippen LogP contribution in [-0.4, -0.2) is 45.4 Å². The van der Waals surface area contributed by atoms with E-state index in [1.165, 1.54) is 12.1 Å². The van der Waals surface area contributed by atoms with Crippen molar-refractivity contribution in [2.45, 2.75) is 51.1 Å². The van der Waals surface area contributed by atoms with Crippen molar-refractivity contribution >= 4 is 40.5 Å². The summed E-state index contributed by atoms with van der Waals surface area (Å²) < 4.78 is 0. The van der Waals surface area contributed by atoms with E-state index in [1.807, 2.05) is 0 Å². The number of hydrogen-bond donors (Lipinski definition) is 1. The van der Waals surface area contributed by atoms with Gasteiger partial charge >= 0.3 is 0 Å². The van der Waals surface area contributed by atoms with Crippen molar-refractivity contribution in [1.82, 2.24) is 10.2 Å². The molecule has 0 bridgehead atoms. The number of anilines is 1. The molecule has 3 heterocycles. The average Bonchev–Trinajstić information content (AvgIpc) is 3.50. The molecule has 1 N–H and O–H groups in total. The van der Waals surface area contributed by atoms with Crippen molar-refractivity contribution in [3.8, 4) is 0 Å². The van der Waals surface area contributed by atoms with E-state index >= 15 is 0 Å². The third-order valence-corrected chi connectivity index (χ3v) is 7.14. The van der Waals surface area contributed by atoms with E-state index in [0.29, 0.717) is 18.0 Å². The molecule has 0 aromatic heterocycles. The van der Waals surface area contributed by atoms with E-state index < -0.39 is 10.3 Å². The minimum atomic E-state index is -1.30. The molecular weight excluding hydrogens is 392 g/mol. The molecule has 1 aromatic rings. The summed E-state index contributed by atoms with van der Waals surface area (Å²) in [5, 5.41) is 14.3. The summed E-state index contributed by atoms with van der Waals surface area (Å²) in [6.07, 6.45) is 3.59. The molecule has 9 heteroatoms. The van der Waals surface area contributed by atoms with Crippen LogP contribution in [0.2, 0.25) is 0 Å². The van der Waals surface area contributed by atoms with E-state index in [-0.39, 0.29) is 41.1 Å². The Labute approximate surface area is 173 Å². The number of nitrogens with zero attached hydrogens (tertiary/aromatic N) is 3. The smallest absolute Gasteiger partial charge is 0.269 e. The number of carbonyl (C=O) groups excluding carboxylic acids is 2. The first-order chi connectivity index (χ1) is 13.8. The van der Waals surface area contributed by atoms with Gasteiger partial charge in [-0.25, -0.2) is 0 Å². The Balaban J connectivity index is 1.67. The molecule has 2 amide bonds. The second-order valence-electron chi connectivity index (χ2n) is 8.72. The van der Waals surface area contributed by atoms with Gasteiger partial charge in [-0.3, -0.25) is 24.6 Å². The lowest BCUT2D eigenvalue weighted by Gasteiger charge is -2.55. The van der Waals surface area contributed by atoms with Crippen LogP contribution in [-0.2, 0) is 16.0 Å². The van der Waals surface area contributed by atoms with Crippen LogP contribution in [0.3, 0.4) is 0 Å². The molecule has 3 aliphatic heterocycles. The van der Waals surface area contributed by atoms with Crippen LogP contribution in [0.15, 0.2) is 18.2 Å². The third-order valence-electron chi connectivity index (χ3n) is 6.84. The van der Waals surface area contributed by atoms with Crippen molar-refractivity contribution in [1.29, 1.82) is 0 Å². The molecule has 0 radical (unpaired) electrons. The molecule has 1 aliphatic carbocycles. The summed E-state index contributed by atoms with van der Waals surface area (Å²) in [6.45, 7) is 2.86.